The second-order valence-corrected chi connectivity index (χ2v) is 9.35. The molecule has 4 rings (SSSR count). The average Bonchev–Trinajstić information content (AvgIpc) is 3.24. The Kier molecular flexibility index (Phi) is 5.10. The highest BCUT2D eigenvalue weighted by Gasteiger charge is 2.27. The van der Waals surface area contributed by atoms with Crippen LogP contribution < -0.4 is 5.32 Å². The van der Waals surface area contributed by atoms with E-state index < -0.39 is 10.0 Å². The lowest BCUT2D eigenvalue weighted by Gasteiger charge is -2.15. The highest BCUT2D eigenvalue weighted by molar-refractivity contribution is 7.89. The molecule has 2 aromatic carbocycles. The summed E-state index contributed by atoms with van der Waals surface area (Å²) in [7, 11) is -3.46. The molecule has 1 saturated heterocycles. The van der Waals surface area contributed by atoms with Crippen molar-refractivity contribution in [3.63, 3.8) is 0 Å². The predicted molar refractivity (Wildman–Crippen MR) is 114 cm³/mol. The Morgan fingerprint density at radius 2 is 1.69 bits per heavy atom. The van der Waals surface area contributed by atoms with Crippen molar-refractivity contribution < 1.29 is 13.2 Å². The van der Waals surface area contributed by atoms with Crippen LogP contribution in [0.5, 0.6) is 0 Å². The van der Waals surface area contributed by atoms with Gasteiger partial charge in [0.05, 0.1) is 21.7 Å². The monoisotopic (exact) mass is 409 g/mol. The number of fused-ring (bicyclic) bond motifs is 1. The molecule has 3 aromatic rings. The van der Waals surface area contributed by atoms with Gasteiger partial charge >= 0.3 is 0 Å². The van der Waals surface area contributed by atoms with Crippen LogP contribution in [-0.4, -0.2) is 36.7 Å². The third-order valence-corrected chi connectivity index (χ3v) is 7.13. The van der Waals surface area contributed by atoms with Crippen molar-refractivity contribution >= 4 is 32.5 Å². The number of aromatic nitrogens is 1. The van der Waals surface area contributed by atoms with E-state index in [-0.39, 0.29) is 10.8 Å². The van der Waals surface area contributed by atoms with Gasteiger partial charge in [0.25, 0.3) is 5.91 Å². The molecule has 1 N–H and O–H groups in total. The fraction of sp³-hybridized carbons (Fsp3) is 0.273. The van der Waals surface area contributed by atoms with E-state index in [0.29, 0.717) is 30.0 Å². The molecule has 2 heterocycles. The van der Waals surface area contributed by atoms with E-state index in [1.165, 1.54) is 16.4 Å². The molecule has 29 heavy (non-hydrogen) atoms. The largest absolute Gasteiger partial charge is 0.322 e. The summed E-state index contributed by atoms with van der Waals surface area (Å²) in [5.41, 5.74) is 3.63. The molecule has 0 radical (unpaired) electrons. The van der Waals surface area contributed by atoms with Crippen LogP contribution in [0.3, 0.4) is 0 Å². The quantitative estimate of drug-likeness (QED) is 0.709. The topological polar surface area (TPSA) is 79.4 Å². The highest BCUT2D eigenvalue weighted by Crippen LogP contribution is 2.23. The van der Waals surface area contributed by atoms with Gasteiger partial charge in [-0.15, -0.1) is 0 Å². The number of sulfonamides is 1. The molecule has 0 unspecified atom stereocenters. The maximum atomic E-state index is 12.8. The van der Waals surface area contributed by atoms with Gasteiger partial charge in [0.15, 0.2) is 0 Å². The average molecular weight is 410 g/mol. The van der Waals surface area contributed by atoms with Crippen LogP contribution >= 0.6 is 0 Å². The summed E-state index contributed by atoms with van der Waals surface area (Å²) >= 11 is 0. The number of anilines is 1. The summed E-state index contributed by atoms with van der Waals surface area (Å²) in [5.74, 6) is -0.270. The molecule has 0 atom stereocenters. The number of carbonyl (C=O) groups is 1. The van der Waals surface area contributed by atoms with E-state index in [1.807, 2.05) is 31.2 Å². The van der Waals surface area contributed by atoms with Gasteiger partial charge in [0.2, 0.25) is 10.0 Å². The van der Waals surface area contributed by atoms with E-state index in [9.17, 15) is 13.2 Å². The van der Waals surface area contributed by atoms with Gasteiger partial charge < -0.3 is 5.32 Å². The fourth-order valence-corrected chi connectivity index (χ4v) is 5.13. The van der Waals surface area contributed by atoms with Crippen molar-refractivity contribution in [2.75, 3.05) is 18.4 Å². The molecule has 0 bridgehead atoms. The summed E-state index contributed by atoms with van der Waals surface area (Å²) in [6.45, 7) is 4.93. The van der Waals surface area contributed by atoms with Gasteiger partial charge in [-0.2, -0.15) is 4.31 Å². The first kappa shape index (κ1) is 19.5. The molecule has 0 spiro atoms. The Hall–Kier alpha value is -2.77. The first-order valence-electron chi connectivity index (χ1n) is 9.64. The second kappa shape index (κ2) is 7.57. The number of aryl methyl sites for hydroxylation is 2. The number of benzene rings is 2. The normalized spacial score (nSPS) is 15.0. The van der Waals surface area contributed by atoms with Gasteiger partial charge in [-0.1, -0.05) is 11.6 Å². The number of pyridine rings is 1. The van der Waals surface area contributed by atoms with Crippen molar-refractivity contribution in [3.05, 3.63) is 65.4 Å². The zero-order valence-corrected chi connectivity index (χ0v) is 17.3. The van der Waals surface area contributed by atoms with E-state index in [4.69, 9.17) is 0 Å². The number of hydrogen-bond acceptors (Lipinski definition) is 4. The molecule has 1 aliphatic heterocycles. The summed E-state index contributed by atoms with van der Waals surface area (Å²) in [6, 6.07) is 14.1. The van der Waals surface area contributed by atoms with Crippen molar-refractivity contribution in [1.29, 1.82) is 0 Å². The lowest BCUT2D eigenvalue weighted by atomic mass is 10.1. The third-order valence-electron chi connectivity index (χ3n) is 5.22. The Labute approximate surface area is 170 Å². The zero-order chi connectivity index (χ0) is 20.6. The first-order valence-corrected chi connectivity index (χ1v) is 11.1. The number of amides is 1. The molecule has 0 saturated carbocycles. The van der Waals surface area contributed by atoms with Crippen molar-refractivity contribution in [2.45, 2.75) is 31.6 Å². The van der Waals surface area contributed by atoms with Gasteiger partial charge in [0.1, 0.15) is 0 Å². The van der Waals surface area contributed by atoms with Crippen molar-refractivity contribution in [2.24, 2.45) is 0 Å². The minimum Gasteiger partial charge on any atom is -0.322 e. The molecular weight excluding hydrogens is 386 g/mol. The van der Waals surface area contributed by atoms with Crippen molar-refractivity contribution in [3.8, 4) is 0 Å². The SMILES string of the molecule is Cc1ccc2nc(C)c(C(=O)Nc3ccc(S(=O)(=O)N4CCCC4)cc3)cc2c1. The Bertz CT molecular complexity index is 1180. The molecule has 7 heteroatoms. The summed E-state index contributed by atoms with van der Waals surface area (Å²) in [6.07, 6.45) is 1.79. The molecule has 1 amide bonds. The van der Waals surface area contributed by atoms with E-state index >= 15 is 0 Å². The van der Waals surface area contributed by atoms with E-state index in [0.717, 1.165) is 29.3 Å². The number of hydrogen-bond donors (Lipinski definition) is 1. The van der Waals surface area contributed by atoms with Gasteiger partial charge in [-0.05, 0) is 69.2 Å². The van der Waals surface area contributed by atoms with Gasteiger partial charge in [-0.25, -0.2) is 8.42 Å². The minimum atomic E-state index is -3.46. The number of rotatable bonds is 4. The number of carbonyl (C=O) groups excluding carboxylic acids is 1. The maximum Gasteiger partial charge on any atom is 0.257 e. The maximum absolute atomic E-state index is 12.8. The third kappa shape index (κ3) is 3.88. The molecule has 1 fully saturated rings. The zero-order valence-electron chi connectivity index (χ0n) is 16.5. The molecule has 6 nitrogen and oxygen atoms in total. The summed E-state index contributed by atoms with van der Waals surface area (Å²) in [4.78, 5) is 17.5. The van der Waals surface area contributed by atoms with Crippen LogP contribution in [0.2, 0.25) is 0 Å². The molecule has 1 aromatic heterocycles. The highest BCUT2D eigenvalue weighted by atomic mass is 32.2. The van der Waals surface area contributed by atoms with Crippen LogP contribution in [0.1, 0.15) is 34.5 Å². The first-order chi connectivity index (χ1) is 13.8. The number of nitrogens with zero attached hydrogens (tertiary/aromatic N) is 2. The van der Waals surface area contributed by atoms with Crippen LogP contribution in [0.15, 0.2) is 53.4 Å². The fourth-order valence-electron chi connectivity index (χ4n) is 3.61. The Morgan fingerprint density at radius 3 is 2.38 bits per heavy atom. The smallest absolute Gasteiger partial charge is 0.257 e. The van der Waals surface area contributed by atoms with Gasteiger partial charge in [-0.3, -0.25) is 9.78 Å². The summed E-state index contributed by atoms with van der Waals surface area (Å²) in [5, 5.41) is 3.75. The van der Waals surface area contributed by atoms with Crippen LogP contribution in [0.4, 0.5) is 5.69 Å². The molecule has 0 aliphatic carbocycles. The van der Waals surface area contributed by atoms with Crippen LogP contribution in [0.25, 0.3) is 10.9 Å². The molecular formula is C22H23N3O3S. The standard InChI is InChI=1S/C22H23N3O3S/c1-15-5-10-21-17(13-15)14-20(16(2)23-21)22(26)24-18-6-8-19(9-7-18)29(27,28)25-11-3-4-12-25/h5-10,13-14H,3-4,11-12H2,1-2H3,(H,24,26). The van der Waals surface area contributed by atoms with Gasteiger partial charge in [0, 0.05) is 24.2 Å². The Morgan fingerprint density at radius 1 is 1.00 bits per heavy atom. The van der Waals surface area contributed by atoms with Crippen LogP contribution in [-0.2, 0) is 10.0 Å². The summed E-state index contributed by atoms with van der Waals surface area (Å²) < 4.78 is 26.7. The lowest BCUT2D eigenvalue weighted by molar-refractivity contribution is 0.102. The number of nitrogens with one attached hydrogen (secondary N) is 1. The molecule has 150 valence electrons. The van der Waals surface area contributed by atoms with Crippen molar-refractivity contribution in [1.82, 2.24) is 9.29 Å². The van der Waals surface area contributed by atoms with E-state index in [1.54, 1.807) is 19.1 Å². The Balaban J connectivity index is 1.56. The predicted octanol–water partition coefficient (Wildman–Crippen LogP) is 3.89. The molecule has 1 aliphatic rings. The van der Waals surface area contributed by atoms with Crippen LogP contribution in [0, 0.1) is 13.8 Å². The second-order valence-electron chi connectivity index (χ2n) is 7.41. The minimum absolute atomic E-state index is 0.247. The van der Waals surface area contributed by atoms with E-state index in [2.05, 4.69) is 10.3 Å². The lowest BCUT2D eigenvalue weighted by Crippen LogP contribution is -2.27.